The van der Waals surface area contributed by atoms with Gasteiger partial charge in [-0.3, -0.25) is 4.90 Å². The van der Waals surface area contributed by atoms with Gasteiger partial charge in [0.1, 0.15) is 0 Å². The summed E-state index contributed by atoms with van der Waals surface area (Å²) in [6.07, 6.45) is 9.91. The molecule has 0 aliphatic heterocycles. The van der Waals surface area contributed by atoms with Crippen LogP contribution in [0.4, 0.5) is 0 Å². The predicted molar refractivity (Wildman–Crippen MR) is 78.9 cm³/mol. The van der Waals surface area contributed by atoms with E-state index in [1.807, 2.05) is 0 Å². The molecule has 2 aliphatic rings. The topological polar surface area (TPSA) is 15.3 Å². The first-order valence-corrected chi connectivity index (χ1v) is 8.16. The van der Waals surface area contributed by atoms with Crippen LogP contribution in [0, 0.1) is 5.92 Å². The third kappa shape index (κ3) is 4.55. The van der Waals surface area contributed by atoms with Gasteiger partial charge in [0.25, 0.3) is 0 Å². The molecule has 1 unspecified atom stereocenters. The molecule has 0 bridgehead atoms. The molecule has 0 aromatic carbocycles. The largest absolute Gasteiger partial charge is 0.312 e. The van der Waals surface area contributed by atoms with Gasteiger partial charge in [0.05, 0.1) is 0 Å². The molecule has 1 atom stereocenters. The van der Waals surface area contributed by atoms with Crippen LogP contribution in [-0.4, -0.2) is 36.1 Å². The maximum Gasteiger partial charge on any atom is 0.0195 e. The molecule has 0 amide bonds. The van der Waals surface area contributed by atoms with Gasteiger partial charge in [-0.2, -0.15) is 0 Å². The van der Waals surface area contributed by atoms with Crippen molar-refractivity contribution in [2.75, 3.05) is 13.1 Å². The van der Waals surface area contributed by atoms with Gasteiger partial charge in [0.15, 0.2) is 0 Å². The zero-order chi connectivity index (χ0) is 13.0. The van der Waals surface area contributed by atoms with E-state index in [1.165, 1.54) is 58.0 Å². The Bertz CT molecular complexity index is 229. The summed E-state index contributed by atoms with van der Waals surface area (Å²) in [7, 11) is 0. The lowest BCUT2D eigenvalue weighted by atomic mass is 10.1. The molecule has 18 heavy (non-hydrogen) atoms. The minimum atomic E-state index is 0.719. The minimum Gasteiger partial charge on any atom is -0.312 e. The normalized spacial score (nSPS) is 23.2. The quantitative estimate of drug-likeness (QED) is 0.712. The first kappa shape index (κ1) is 14.3. The van der Waals surface area contributed by atoms with E-state index in [-0.39, 0.29) is 0 Å². The van der Waals surface area contributed by atoms with Crippen LogP contribution in [-0.2, 0) is 0 Å². The Balaban J connectivity index is 1.70. The molecule has 2 saturated carbocycles. The van der Waals surface area contributed by atoms with Gasteiger partial charge in [-0.15, -0.1) is 0 Å². The Labute approximate surface area is 114 Å². The highest BCUT2D eigenvalue weighted by molar-refractivity contribution is 4.89. The van der Waals surface area contributed by atoms with Crippen LogP contribution in [0.25, 0.3) is 0 Å². The number of hydrogen-bond donors (Lipinski definition) is 1. The summed E-state index contributed by atoms with van der Waals surface area (Å²) in [6, 6.07) is 2.44. The average molecular weight is 252 g/mol. The molecule has 2 heteroatoms. The second-order valence-corrected chi connectivity index (χ2v) is 6.89. The molecule has 0 aromatic rings. The molecule has 106 valence electrons. The second kappa shape index (κ2) is 6.91. The monoisotopic (exact) mass is 252 g/mol. The predicted octanol–water partition coefficient (Wildman–Crippen LogP) is 3.42. The van der Waals surface area contributed by atoms with Gasteiger partial charge in [-0.1, -0.05) is 26.7 Å². The van der Waals surface area contributed by atoms with Crippen LogP contribution in [0.1, 0.15) is 65.7 Å². The van der Waals surface area contributed by atoms with E-state index in [1.54, 1.807) is 0 Å². The maximum atomic E-state index is 3.79. The molecule has 0 saturated heterocycles. The van der Waals surface area contributed by atoms with Crippen molar-refractivity contribution >= 4 is 0 Å². The van der Waals surface area contributed by atoms with Gasteiger partial charge >= 0.3 is 0 Å². The number of hydrogen-bond acceptors (Lipinski definition) is 2. The molecular formula is C16H32N2. The van der Waals surface area contributed by atoms with Crippen LogP contribution in [0.5, 0.6) is 0 Å². The number of nitrogens with one attached hydrogen (secondary N) is 1. The first-order chi connectivity index (χ1) is 8.66. The Morgan fingerprint density at radius 2 is 1.72 bits per heavy atom. The van der Waals surface area contributed by atoms with Crippen molar-refractivity contribution < 1.29 is 0 Å². The van der Waals surface area contributed by atoms with Gasteiger partial charge in [0, 0.05) is 24.7 Å². The highest BCUT2D eigenvalue weighted by Gasteiger charge is 2.32. The van der Waals surface area contributed by atoms with E-state index < -0.39 is 0 Å². The molecule has 1 N–H and O–H groups in total. The lowest BCUT2D eigenvalue weighted by Crippen LogP contribution is -2.44. The molecular weight excluding hydrogens is 220 g/mol. The zero-order valence-corrected chi connectivity index (χ0v) is 12.6. The summed E-state index contributed by atoms with van der Waals surface area (Å²) in [5.41, 5.74) is 0. The third-order valence-corrected chi connectivity index (χ3v) is 4.60. The summed E-state index contributed by atoms with van der Waals surface area (Å²) >= 11 is 0. The van der Waals surface area contributed by atoms with Gasteiger partial charge < -0.3 is 5.32 Å². The summed E-state index contributed by atoms with van der Waals surface area (Å²) < 4.78 is 0. The Kier molecular flexibility index (Phi) is 5.50. The van der Waals surface area contributed by atoms with Crippen molar-refractivity contribution in [1.82, 2.24) is 10.2 Å². The summed E-state index contributed by atoms with van der Waals surface area (Å²) in [6.45, 7) is 9.59. The van der Waals surface area contributed by atoms with E-state index in [0.717, 1.165) is 24.0 Å². The zero-order valence-electron chi connectivity index (χ0n) is 12.6. The third-order valence-electron chi connectivity index (χ3n) is 4.60. The number of rotatable bonds is 8. The average Bonchev–Trinajstić information content (AvgIpc) is 3.03. The standard InChI is InChI=1S/C16H32N2/c1-13(2)10-11-18(16-8-9-16)14(3)12-17-15-6-4-5-7-15/h13-17H,4-12H2,1-3H3. The van der Waals surface area contributed by atoms with Crippen LogP contribution < -0.4 is 5.32 Å². The number of nitrogens with zero attached hydrogens (tertiary/aromatic N) is 1. The summed E-state index contributed by atoms with van der Waals surface area (Å²) in [5, 5.41) is 3.79. The molecule has 0 spiro atoms. The smallest absolute Gasteiger partial charge is 0.0195 e. The second-order valence-electron chi connectivity index (χ2n) is 6.89. The molecule has 2 nitrogen and oxygen atoms in total. The van der Waals surface area contributed by atoms with Crippen LogP contribution in [0.15, 0.2) is 0 Å². The first-order valence-electron chi connectivity index (χ1n) is 8.16. The molecule has 2 aliphatic carbocycles. The van der Waals surface area contributed by atoms with E-state index in [4.69, 9.17) is 0 Å². The Morgan fingerprint density at radius 3 is 2.28 bits per heavy atom. The van der Waals surface area contributed by atoms with Crippen molar-refractivity contribution in [3.63, 3.8) is 0 Å². The van der Waals surface area contributed by atoms with Crippen molar-refractivity contribution in [1.29, 1.82) is 0 Å². The molecule has 0 aromatic heterocycles. The Morgan fingerprint density at radius 1 is 1.06 bits per heavy atom. The van der Waals surface area contributed by atoms with Gasteiger partial charge in [-0.05, 0) is 51.5 Å². The van der Waals surface area contributed by atoms with Gasteiger partial charge in [-0.25, -0.2) is 0 Å². The molecule has 0 heterocycles. The highest BCUT2D eigenvalue weighted by atomic mass is 15.2. The molecule has 0 radical (unpaired) electrons. The van der Waals surface area contributed by atoms with Crippen LogP contribution in [0.3, 0.4) is 0 Å². The summed E-state index contributed by atoms with van der Waals surface area (Å²) in [5.74, 6) is 0.834. The lowest BCUT2D eigenvalue weighted by Gasteiger charge is -2.31. The van der Waals surface area contributed by atoms with Crippen molar-refractivity contribution in [3.8, 4) is 0 Å². The summed E-state index contributed by atoms with van der Waals surface area (Å²) in [4.78, 5) is 2.77. The van der Waals surface area contributed by atoms with Gasteiger partial charge in [0.2, 0.25) is 0 Å². The fourth-order valence-electron chi connectivity index (χ4n) is 3.16. The lowest BCUT2D eigenvalue weighted by molar-refractivity contribution is 0.180. The van der Waals surface area contributed by atoms with Crippen molar-refractivity contribution in [2.24, 2.45) is 5.92 Å². The Hall–Kier alpha value is -0.0800. The van der Waals surface area contributed by atoms with Crippen LogP contribution >= 0.6 is 0 Å². The molecule has 2 fully saturated rings. The van der Waals surface area contributed by atoms with Crippen molar-refractivity contribution in [2.45, 2.75) is 83.8 Å². The fourth-order valence-corrected chi connectivity index (χ4v) is 3.16. The minimum absolute atomic E-state index is 0.719. The van der Waals surface area contributed by atoms with E-state index >= 15 is 0 Å². The highest BCUT2D eigenvalue weighted by Crippen LogP contribution is 2.29. The molecule has 2 rings (SSSR count). The fraction of sp³-hybridized carbons (Fsp3) is 1.00. The SMILES string of the molecule is CC(C)CCN(C(C)CNC1CCCC1)C1CC1. The van der Waals surface area contributed by atoms with E-state index in [0.29, 0.717) is 0 Å². The van der Waals surface area contributed by atoms with Crippen molar-refractivity contribution in [3.05, 3.63) is 0 Å². The van der Waals surface area contributed by atoms with E-state index in [9.17, 15) is 0 Å². The van der Waals surface area contributed by atoms with Crippen LogP contribution in [0.2, 0.25) is 0 Å². The van der Waals surface area contributed by atoms with E-state index in [2.05, 4.69) is 31.0 Å². The maximum absolute atomic E-state index is 3.79.